The molecule has 1 heterocycles. The van der Waals surface area contributed by atoms with Gasteiger partial charge in [-0.1, -0.05) is 12.1 Å². The van der Waals surface area contributed by atoms with Crippen LogP contribution in [0.15, 0.2) is 59.1 Å². The molecule has 30 heavy (non-hydrogen) atoms. The predicted molar refractivity (Wildman–Crippen MR) is 105 cm³/mol. The van der Waals surface area contributed by atoms with E-state index in [-0.39, 0.29) is 23.1 Å². The number of carbonyl (C=O) groups is 2. The van der Waals surface area contributed by atoms with E-state index < -0.39 is 10.4 Å². The van der Waals surface area contributed by atoms with Gasteiger partial charge in [0.05, 0.1) is 31.8 Å². The van der Waals surface area contributed by atoms with Crippen LogP contribution in [0.25, 0.3) is 0 Å². The van der Waals surface area contributed by atoms with Crippen LogP contribution in [0.2, 0.25) is 0 Å². The normalized spacial score (nSPS) is 13.4. The standard InChI is InChI=1S/C18H16NO4S.CH4O4S/c1-11-7-9-19(10-8-11)24-13-6-4-5-12-14(13)16(21)18(23-3)17(22-2)15(12)20;1-5-6(2,3)4/h4-10H,1-3H3;1H3,(H,2,3,4)/q+1;/p-1. The van der Waals surface area contributed by atoms with Crippen molar-refractivity contribution in [2.45, 2.75) is 11.8 Å². The van der Waals surface area contributed by atoms with Gasteiger partial charge in [-0.05, 0) is 18.6 Å². The Bertz CT molecular complexity index is 1090. The lowest BCUT2D eigenvalue weighted by Gasteiger charge is -2.19. The highest BCUT2D eigenvalue weighted by Gasteiger charge is 2.37. The lowest BCUT2D eigenvalue weighted by Crippen LogP contribution is -2.27. The smallest absolute Gasteiger partial charge is 0.233 e. The molecule has 1 aromatic carbocycles. The van der Waals surface area contributed by atoms with Gasteiger partial charge in [-0.2, -0.15) is 0 Å². The molecule has 1 aliphatic rings. The fourth-order valence-electron chi connectivity index (χ4n) is 2.51. The second-order valence-electron chi connectivity index (χ2n) is 5.81. The van der Waals surface area contributed by atoms with E-state index in [9.17, 15) is 22.6 Å². The highest BCUT2D eigenvalue weighted by Crippen LogP contribution is 2.33. The van der Waals surface area contributed by atoms with Gasteiger partial charge in [-0.15, -0.1) is 3.97 Å². The van der Waals surface area contributed by atoms with Crippen LogP contribution in [0.5, 0.6) is 0 Å². The number of benzene rings is 1. The van der Waals surface area contributed by atoms with Crippen molar-refractivity contribution in [2.24, 2.45) is 0 Å². The summed E-state index contributed by atoms with van der Waals surface area (Å²) in [5.41, 5.74) is 1.82. The van der Waals surface area contributed by atoms with E-state index in [4.69, 9.17) is 9.47 Å². The number of allylic oxidation sites excluding steroid dienone is 2. The van der Waals surface area contributed by atoms with Gasteiger partial charge < -0.3 is 14.0 Å². The number of nitrogens with zero attached hydrogens (tertiary/aromatic N) is 1. The molecule has 0 spiro atoms. The van der Waals surface area contributed by atoms with Crippen LogP contribution < -0.4 is 3.97 Å². The second kappa shape index (κ2) is 9.85. The van der Waals surface area contributed by atoms with Crippen molar-refractivity contribution < 1.29 is 40.2 Å². The molecule has 1 aliphatic carbocycles. The monoisotopic (exact) mass is 453 g/mol. The Labute approximate surface area is 178 Å². The van der Waals surface area contributed by atoms with E-state index in [1.165, 1.54) is 26.2 Å². The van der Waals surface area contributed by atoms with Crippen LogP contribution in [0.1, 0.15) is 26.3 Å². The zero-order valence-electron chi connectivity index (χ0n) is 16.6. The lowest BCUT2D eigenvalue weighted by atomic mass is 9.92. The molecule has 0 unspecified atom stereocenters. The number of methoxy groups -OCH3 is 2. The average Bonchev–Trinajstić information content (AvgIpc) is 2.72. The minimum Gasteiger partial charge on any atom is -0.726 e. The van der Waals surface area contributed by atoms with E-state index in [1.54, 1.807) is 12.1 Å². The van der Waals surface area contributed by atoms with Crippen LogP contribution >= 0.6 is 11.9 Å². The largest absolute Gasteiger partial charge is 0.726 e. The first-order chi connectivity index (χ1) is 14.1. The maximum absolute atomic E-state index is 12.8. The number of pyridine rings is 1. The summed E-state index contributed by atoms with van der Waals surface area (Å²) in [5.74, 6) is -0.808. The Balaban J connectivity index is 0.000000469. The predicted octanol–water partition coefficient (Wildman–Crippen LogP) is 1.81. The third kappa shape index (κ3) is 5.45. The Morgan fingerprint density at radius 1 is 0.933 bits per heavy atom. The summed E-state index contributed by atoms with van der Waals surface area (Å²) < 4.78 is 43.1. The molecule has 3 rings (SSSR count). The number of aryl methyl sites for hydroxylation is 1. The van der Waals surface area contributed by atoms with Gasteiger partial charge in [0.15, 0.2) is 12.4 Å². The number of ketones is 2. The summed E-state index contributed by atoms with van der Waals surface area (Å²) >= 11 is 1.36. The molecule has 0 atom stereocenters. The van der Waals surface area contributed by atoms with Crippen LogP contribution in [0, 0.1) is 6.92 Å². The molecule has 0 amide bonds. The summed E-state index contributed by atoms with van der Waals surface area (Å²) in [6.07, 6.45) is 3.81. The molecule has 1 aromatic heterocycles. The summed E-state index contributed by atoms with van der Waals surface area (Å²) in [6, 6.07) is 9.14. The third-order valence-electron chi connectivity index (χ3n) is 3.90. The summed E-state index contributed by atoms with van der Waals surface area (Å²) in [7, 11) is -0.896. The first-order valence-electron chi connectivity index (χ1n) is 8.35. The zero-order valence-corrected chi connectivity index (χ0v) is 18.2. The number of ether oxygens (including phenoxy) is 2. The number of aromatic nitrogens is 1. The maximum atomic E-state index is 12.8. The summed E-state index contributed by atoms with van der Waals surface area (Å²) in [5, 5.41) is 0. The molecule has 11 heteroatoms. The van der Waals surface area contributed by atoms with Crippen LogP contribution in [0.3, 0.4) is 0 Å². The van der Waals surface area contributed by atoms with Gasteiger partial charge in [-0.3, -0.25) is 13.8 Å². The Hall–Kier alpha value is -2.73. The van der Waals surface area contributed by atoms with E-state index in [0.717, 1.165) is 12.7 Å². The number of carbonyl (C=O) groups excluding carboxylic acids is 2. The number of fused-ring (bicyclic) bond motifs is 1. The van der Waals surface area contributed by atoms with Crippen molar-refractivity contribution in [3.8, 4) is 0 Å². The van der Waals surface area contributed by atoms with Crippen LogP contribution in [-0.2, 0) is 24.1 Å². The van der Waals surface area contributed by atoms with Crippen molar-refractivity contribution in [3.05, 3.63) is 70.9 Å². The number of hydrogen-bond acceptors (Lipinski definition) is 9. The van der Waals surface area contributed by atoms with Crippen molar-refractivity contribution in [1.29, 1.82) is 0 Å². The van der Waals surface area contributed by atoms with E-state index in [0.29, 0.717) is 16.0 Å². The van der Waals surface area contributed by atoms with E-state index in [1.807, 2.05) is 41.5 Å². The zero-order chi connectivity index (χ0) is 22.5. The molecule has 9 nitrogen and oxygen atoms in total. The average molecular weight is 453 g/mol. The molecule has 0 saturated carbocycles. The lowest BCUT2D eigenvalue weighted by molar-refractivity contribution is -0.494. The molecule has 0 fully saturated rings. The fourth-order valence-corrected chi connectivity index (χ4v) is 3.41. The molecule has 2 aromatic rings. The number of Topliss-reactive ketones (excluding diaryl/α,β-unsaturated/α-hetero) is 2. The van der Waals surface area contributed by atoms with Gasteiger partial charge in [-0.25, -0.2) is 8.42 Å². The summed E-state index contributed by atoms with van der Waals surface area (Å²) in [4.78, 5) is 26.1. The Morgan fingerprint density at radius 2 is 1.47 bits per heavy atom. The third-order valence-corrected chi connectivity index (χ3v) is 5.30. The van der Waals surface area contributed by atoms with Gasteiger partial charge in [0.25, 0.3) is 0 Å². The Morgan fingerprint density at radius 3 is 1.97 bits per heavy atom. The summed E-state index contributed by atoms with van der Waals surface area (Å²) in [6.45, 7) is 2.00. The van der Waals surface area contributed by atoms with Crippen LogP contribution in [-0.4, -0.2) is 45.9 Å². The molecule has 0 aliphatic heterocycles. The minimum atomic E-state index is -4.41. The molecular weight excluding hydrogens is 434 g/mol. The van der Waals surface area contributed by atoms with Gasteiger partial charge >= 0.3 is 0 Å². The molecule has 0 saturated heterocycles. The number of hydrogen-bond donors (Lipinski definition) is 0. The van der Waals surface area contributed by atoms with Crippen molar-refractivity contribution >= 4 is 33.9 Å². The fraction of sp³-hybridized carbons (Fsp3) is 0.211. The van der Waals surface area contributed by atoms with Crippen molar-refractivity contribution in [2.75, 3.05) is 21.3 Å². The van der Waals surface area contributed by atoms with E-state index >= 15 is 0 Å². The highest BCUT2D eigenvalue weighted by atomic mass is 32.3. The number of rotatable bonds is 5. The van der Waals surface area contributed by atoms with E-state index in [2.05, 4.69) is 4.18 Å². The molecule has 160 valence electrons. The molecular formula is C19H19NO8S2. The molecule has 0 bridgehead atoms. The quantitative estimate of drug-likeness (QED) is 0.379. The topological polar surface area (TPSA) is 123 Å². The molecule has 0 radical (unpaired) electrons. The molecule has 0 N–H and O–H groups in total. The first-order valence-corrected chi connectivity index (χ1v) is 10.5. The SMILES string of the molecule is COC1=C(OC)C(=O)c2c(S[n+]3ccc(C)cc3)cccc2C1=O.COS(=O)(=O)[O-]. The Kier molecular flexibility index (Phi) is 7.73. The maximum Gasteiger partial charge on any atom is 0.233 e. The van der Waals surface area contributed by atoms with Crippen molar-refractivity contribution in [1.82, 2.24) is 0 Å². The van der Waals surface area contributed by atoms with Gasteiger partial charge in [0.1, 0.15) is 0 Å². The van der Waals surface area contributed by atoms with Crippen molar-refractivity contribution in [3.63, 3.8) is 0 Å². The highest BCUT2D eigenvalue weighted by molar-refractivity contribution is 7.93. The van der Waals surface area contributed by atoms with Gasteiger partial charge in [0.2, 0.25) is 45.4 Å². The minimum absolute atomic E-state index is 0.0554. The van der Waals surface area contributed by atoms with Crippen LogP contribution in [0.4, 0.5) is 0 Å². The second-order valence-corrected chi connectivity index (χ2v) is 8.00. The first kappa shape index (κ1) is 23.5. The van der Waals surface area contributed by atoms with Gasteiger partial charge in [0, 0.05) is 17.7 Å².